The zero-order chi connectivity index (χ0) is 14.8. The van der Waals surface area contributed by atoms with Crippen molar-refractivity contribution >= 4 is 5.91 Å². The molecule has 1 aliphatic rings. The summed E-state index contributed by atoms with van der Waals surface area (Å²) >= 11 is 0. The van der Waals surface area contributed by atoms with Gasteiger partial charge in [-0.25, -0.2) is 9.37 Å². The van der Waals surface area contributed by atoms with E-state index in [2.05, 4.69) is 4.98 Å². The topological polar surface area (TPSA) is 33.2 Å². The van der Waals surface area contributed by atoms with Crippen molar-refractivity contribution in [1.82, 2.24) is 9.88 Å². The lowest BCUT2D eigenvalue weighted by Gasteiger charge is -2.23. The molecule has 1 aliphatic carbocycles. The van der Waals surface area contributed by atoms with Crippen molar-refractivity contribution in [1.29, 1.82) is 0 Å². The van der Waals surface area contributed by atoms with E-state index in [1.54, 1.807) is 18.2 Å². The first-order chi connectivity index (χ1) is 10.2. The summed E-state index contributed by atoms with van der Waals surface area (Å²) in [6.07, 6.45) is 3.02. The summed E-state index contributed by atoms with van der Waals surface area (Å²) in [5, 5.41) is 0. The molecular formula is C16H14F2N2O. The third-order valence-electron chi connectivity index (χ3n) is 3.54. The van der Waals surface area contributed by atoms with E-state index in [0.29, 0.717) is 5.56 Å². The number of benzene rings is 1. The van der Waals surface area contributed by atoms with Crippen molar-refractivity contribution in [3.63, 3.8) is 0 Å². The molecule has 0 bridgehead atoms. The van der Waals surface area contributed by atoms with Gasteiger partial charge in [0.1, 0.15) is 5.82 Å². The summed E-state index contributed by atoms with van der Waals surface area (Å²) in [6, 6.07) is 9.29. The van der Waals surface area contributed by atoms with Crippen molar-refractivity contribution in [3.8, 4) is 0 Å². The van der Waals surface area contributed by atoms with Crippen LogP contribution in [0.15, 0.2) is 42.6 Å². The average molecular weight is 288 g/mol. The Morgan fingerprint density at radius 1 is 1.19 bits per heavy atom. The molecule has 1 aromatic heterocycles. The average Bonchev–Trinajstić information content (AvgIpc) is 3.31. The maximum absolute atomic E-state index is 13.8. The molecular weight excluding hydrogens is 274 g/mol. The molecule has 0 atom stereocenters. The highest BCUT2D eigenvalue weighted by Gasteiger charge is 2.34. The predicted octanol–water partition coefficient (Wildman–Crippen LogP) is 3.16. The number of pyridine rings is 1. The van der Waals surface area contributed by atoms with Crippen molar-refractivity contribution in [2.45, 2.75) is 25.4 Å². The van der Waals surface area contributed by atoms with E-state index in [9.17, 15) is 13.6 Å². The van der Waals surface area contributed by atoms with Crippen LogP contribution in [-0.2, 0) is 6.54 Å². The summed E-state index contributed by atoms with van der Waals surface area (Å²) in [4.78, 5) is 17.5. The molecule has 3 nitrogen and oxygen atoms in total. The molecule has 1 fully saturated rings. The van der Waals surface area contributed by atoms with Gasteiger partial charge < -0.3 is 4.90 Å². The van der Waals surface area contributed by atoms with Crippen molar-refractivity contribution in [2.24, 2.45) is 0 Å². The highest BCUT2D eigenvalue weighted by Crippen LogP contribution is 2.30. The quantitative estimate of drug-likeness (QED) is 0.810. The molecule has 1 aromatic carbocycles. The standard InChI is InChI=1S/C16H14F2N2O/c17-14-6-2-1-4-11(14)10-20(12-7-8-12)16(21)13-5-3-9-19-15(13)18/h1-6,9,12H,7-8,10H2. The van der Waals surface area contributed by atoms with Gasteiger partial charge in [0.05, 0.1) is 5.56 Å². The van der Waals surface area contributed by atoms with Crippen LogP contribution in [0.5, 0.6) is 0 Å². The Bertz CT molecular complexity index is 671. The molecule has 21 heavy (non-hydrogen) atoms. The predicted molar refractivity (Wildman–Crippen MR) is 73.5 cm³/mol. The first-order valence-electron chi connectivity index (χ1n) is 6.81. The number of nitrogens with zero attached hydrogens (tertiary/aromatic N) is 2. The van der Waals surface area contributed by atoms with E-state index < -0.39 is 11.9 Å². The molecule has 3 rings (SSSR count). The van der Waals surface area contributed by atoms with Crippen LogP contribution in [0.25, 0.3) is 0 Å². The number of amides is 1. The Balaban J connectivity index is 1.87. The molecule has 1 amide bonds. The zero-order valence-electron chi connectivity index (χ0n) is 11.3. The van der Waals surface area contributed by atoms with E-state index >= 15 is 0 Å². The van der Waals surface area contributed by atoms with Gasteiger partial charge in [0.15, 0.2) is 0 Å². The molecule has 0 unspecified atom stereocenters. The fraction of sp³-hybridized carbons (Fsp3) is 0.250. The van der Waals surface area contributed by atoms with Gasteiger partial charge in [-0.1, -0.05) is 18.2 Å². The summed E-state index contributed by atoms with van der Waals surface area (Å²) in [6.45, 7) is 0.143. The Morgan fingerprint density at radius 3 is 2.62 bits per heavy atom. The Labute approximate surface area is 121 Å². The molecule has 0 radical (unpaired) electrons. The van der Waals surface area contributed by atoms with Crippen LogP contribution in [-0.4, -0.2) is 21.8 Å². The molecule has 2 aromatic rings. The van der Waals surface area contributed by atoms with E-state index in [0.717, 1.165) is 12.8 Å². The third-order valence-corrected chi connectivity index (χ3v) is 3.54. The summed E-state index contributed by atoms with van der Waals surface area (Å²) in [5.41, 5.74) is 0.364. The Morgan fingerprint density at radius 2 is 1.95 bits per heavy atom. The molecule has 0 aliphatic heterocycles. The van der Waals surface area contributed by atoms with Gasteiger partial charge in [-0.15, -0.1) is 0 Å². The summed E-state index contributed by atoms with van der Waals surface area (Å²) < 4.78 is 27.4. The fourth-order valence-electron chi connectivity index (χ4n) is 2.26. The smallest absolute Gasteiger partial charge is 0.259 e. The molecule has 1 heterocycles. The summed E-state index contributed by atoms with van der Waals surface area (Å²) in [7, 11) is 0. The van der Waals surface area contributed by atoms with Crippen LogP contribution in [0.3, 0.4) is 0 Å². The largest absolute Gasteiger partial charge is 0.331 e. The van der Waals surface area contributed by atoms with Gasteiger partial charge in [-0.2, -0.15) is 4.39 Å². The monoisotopic (exact) mass is 288 g/mol. The molecule has 1 saturated carbocycles. The number of hydrogen-bond donors (Lipinski definition) is 0. The van der Waals surface area contributed by atoms with Gasteiger partial charge in [0.2, 0.25) is 5.95 Å². The third kappa shape index (κ3) is 2.91. The number of hydrogen-bond acceptors (Lipinski definition) is 2. The first-order valence-corrected chi connectivity index (χ1v) is 6.81. The lowest BCUT2D eigenvalue weighted by Crippen LogP contribution is -2.33. The highest BCUT2D eigenvalue weighted by atomic mass is 19.1. The van der Waals surface area contributed by atoms with E-state index in [1.807, 2.05) is 0 Å². The lowest BCUT2D eigenvalue weighted by atomic mass is 10.1. The molecule has 5 heteroatoms. The van der Waals surface area contributed by atoms with E-state index in [4.69, 9.17) is 0 Å². The van der Waals surface area contributed by atoms with Gasteiger partial charge in [-0.3, -0.25) is 4.79 Å². The van der Waals surface area contributed by atoms with Crippen LogP contribution in [0, 0.1) is 11.8 Å². The molecule has 0 N–H and O–H groups in total. The lowest BCUT2D eigenvalue weighted by molar-refractivity contribution is 0.0722. The van der Waals surface area contributed by atoms with Crippen LogP contribution >= 0.6 is 0 Å². The van der Waals surface area contributed by atoms with Crippen molar-refractivity contribution in [3.05, 3.63) is 65.5 Å². The van der Waals surface area contributed by atoms with Gasteiger partial charge in [0, 0.05) is 24.3 Å². The Hall–Kier alpha value is -2.30. The van der Waals surface area contributed by atoms with E-state index in [-0.39, 0.29) is 24.0 Å². The maximum atomic E-state index is 13.8. The van der Waals surface area contributed by atoms with Gasteiger partial charge in [-0.05, 0) is 31.0 Å². The maximum Gasteiger partial charge on any atom is 0.259 e. The molecule has 108 valence electrons. The second kappa shape index (κ2) is 5.60. The second-order valence-corrected chi connectivity index (χ2v) is 5.10. The normalized spacial score (nSPS) is 14.0. The minimum Gasteiger partial charge on any atom is -0.331 e. The molecule has 0 saturated heterocycles. The number of carbonyl (C=O) groups excluding carboxylic acids is 1. The number of halogens is 2. The van der Waals surface area contributed by atoms with Crippen LogP contribution in [0.4, 0.5) is 8.78 Å². The highest BCUT2D eigenvalue weighted by molar-refractivity contribution is 5.94. The number of carbonyl (C=O) groups is 1. The van der Waals surface area contributed by atoms with Gasteiger partial charge in [0.25, 0.3) is 5.91 Å². The fourth-order valence-corrected chi connectivity index (χ4v) is 2.26. The SMILES string of the molecule is O=C(c1cccnc1F)N(Cc1ccccc1F)C1CC1. The first kappa shape index (κ1) is 13.7. The Kier molecular flexibility index (Phi) is 3.64. The van der Waals surface area contributed by atoms with Crippen LogP contribution < -0.4 is 0 Å². The molecule has 0 spiro atoms. The number of aromatic nitrogens is 1. The second-order valence-electron chi connectivity index (χ2n) is 5.10. The van der Waals surface area contributed by atoms with Crippen LogP contribution in [0.2, 0.25) is 0 Å². The van der Waals surface area contributed by atoms with Crippen LogP contribution in [0.1, 0.15) is 28.8 Å². The van der Waals surface area contributed by atoms with E-state index in [1.165, 1.54) is 29.3 Å². The van der Waals surface area contributed by atoms with Gasteiger partial charge >= 0.3 is 0 Å². The summed E-state index contributed by atoms with van der Waals surface area (Å²) in [5.74, 6) is -1.59. The minimum atomic E-state index is -0.790. The minimum absolute atomic E-state index is 0.0525. The number of rotatable bonds is 4. The zero-order valence-corrected chi connectivity index (χ0v) is 11.3. The van der Waals surface area contributed by atoms with Crippen molar-refractivity contribution < 1.29 is 13.6 Å². The van der Waals surface area contributed by atoms with Crippen molar-refractivity contribution in [2.75, 3.05) is 0 Å².